The molecule has 5 rings (SSSR count). The van der Waals surface area contributed by atoms with E-state index in [-0.39, 0.29) is 40.3 Å². The van der Waals surface area contributed by atoms with Crippen LogP contribution in [0.15, 0.2) is 70.5 Å². The average Bonchev–Trinajstić information content (AvgIpc) is 3.07. The highest BCUT2D eigenvalue weighted by molar-refractivity contribution is 6.03. The number of rotatable bonds is 7. The Morgan fingerprint density at radius 1 is 1.00 bits per heavy atom. The molecule has 2 aromatic carbocycles. The molecular formula is C37H39F2N7O6. The van der Waals surface area contributed by atoms with Crippen molar-refractivity contribution in [3.8, 4) is 29.0 Å². The number of amides is 2. The standard InChI is InChI=1S/C37H39F2N7O6/c1-23(2)45-22-28(34(48)46(35(45)49)26-11-8-24(38)9-12-26)33(47)42-25-10-13-31(29(39)21-25)51-30-14-15-41-32(40)27(30)7-6-16-43-17-19-44(20-18-43)36(50)52-37(3,4)5/h8-15,21-23H,16-20H2,1-5H3,(H2,40,41)(H,42,47). The molecule has 0 bridgehead atoms. The molecule has 3 heterocycles. The fourth-order valence-corrected chi connectivity index (χ4v) is 5.22. The van der Waals surface area contributed by atoms with Gasteiger partial charge >= 0.3 is 11.8 Å². The number of ether oxygens (including phenoxy) is 2. The number of halogens is 2. The first-order valence-electron chi connectivity index (χ1n) is 16.5. The summed E-state index contributed by atoms with van der Waals surface area (Å²) in [5.41, 5.74) is 3.83. The van der Waals surface area contributed by atoms with Crippen molar-refractivity contribution < 1.29 is 27.8 Å². The molecule has 0 aliphatic carbocycles. The van der Waals surface area contributed by atoms with E-state index in [0.717, 1.165) is 29.0 Å². The molecule has 1 aliphatic rings. The maximum absolute atomic E-state index is 15.4. The van der Waals surface area contributed by atoms with Crippen molar-refractivity contribution in [2.24, 2.45) is 0 Å². The fourth-order valence-electron chi connectivity index (χ4n) is 5.22. The number of carbonyl (C=O) groups excluding carboxylic acids is 2. The summed E-state index contributed by atoms with van der Waals surface area (Å²) >= 11 is 0. The van der Waals surface area contributed by atoms with Crippen LogP contribution in [0.2, 0.25) is 0 Å². The topological polar surface area (TPSA) is 154 Å². The van der Waals surface area contributed by atoms with Gasteiger partial charge in [-0.1, -0.05) is 11.8 Å². The van der Waals surface area contributed by atoms with E-state index in [9.17, 15) is 23.6 Å². The van der Waals surface area contributed by atoms with Crippen LogP contribution in [0.3, 0.4) is 0 Å². The van der Waals surface area contributed by atoms with Gasteiger partial charge in [0.2, 0.25) is 0 Å². The highest BCUT2D eigenvalue weighted by Crippen LogP contribution is 2.30. The fraction of sp³-hybridized carbons (Fsp3) is 0.324. The highest BCUT2D eigenvalue weighted by Gasteiger charge is 2.26. The molecule has 3 N–H and O–H groups in total. The van der Waals surface area contributed by atoms with Crippen molar-refractivity contribution in [3.63, 3.8) is 0 Å². The summed E-state index contributed by atoms with van der Waals surface area (Å²) in [4.78, 5) is 60.0. The number of nitrogen functional groups attached to an aromatic ring is 1. The summed E-state index contributed by atoms with van der Waals surface area (Å²) in [5.74, 6) is 3.76. The Morgan fingerprint density at radius 3 is 2.33 bits per heavy atom. The van der Waals surface area contributed by atoms with Crippen molar-refractivity contribution >= 4 is 23.5 Å². The van der Waals surface area contributed by atoms with Gasteiger partial charge in [0.25, 0.3) is 11.5 Å². The predicted molar refractivity (Wildman–Crippen MR) is 191 cm³/mol. The largest absolute Gasteiger partial charge is 0.453 e. The number of benzene rings is 2. The minimum atomic E-state index is -0.932. The summed E-state index contributed by atoms with van der Waals surface area (Å²) < 4.78 is 42.2. The maximum Gasteiger partial charge on any atom is 0.410 e. The Bertz CT molecular complexity index is 2160. The van der Waals surface area contributed by atoms with Crippen LogP contribution >= 0.6 is 0 Å². The molecule has 1 saturated heterocycles. The molecule has 1 aliphatic heterocycles. The number of aromatic nitrogens is 3. The SMILES string of the molecule is CC(C)n1cc(C(=O)Nc2ccc(Oc3ccnc(N)c3C#CCN3CCN(C(=O)OC(C)(C)C)CC3)c(F)c2)c(=O)n(-c2ccc(F)cc2)c1=O. The molecular weight excluding hydrogens is 676 g/mol. The zero-order valence-electron chi connectivity index (χ0n) is 29.4. The van der Waals surface area contributed by atoms with Crippen LogP contribution in [-0.4, -0.2) is 74.2 Å². The van der Waals surface area contributed by atoms with Crippen molar-refractivity contribution in [2.75, 3.05) is 43.8 Å². The number of nitrogens with one attached hydrogen (secondary N) is 1. The van der Waals surface area contributed by atoms with Crippen LogP contribution in [0.1, 0.15) is 56.6 Å². The van der Waals surface area contributed by atoms with Crippen molar-refractivity contribution in [3.05, 3.63) is 105 Å². The molecule has 272 valence electrons. The minimum Gasteiger partial charge on any atom is -0.453 e. The lowest BCUT2D eigenvalue weighted by Crippen LogP contribution is -2.50. The summed E-state index contributed by atoms with van der Waals surface area (Å²) in [7, 11) is 0. The van der Waals surface area contributed by atoms with Gasteiger partial charge in [-0.15, -0.1) is 0 Å². The first-order valence-corrected chi connectivity index (χ1v) is 16.5. The van der Waals surface area contributed by atoms with Gasteiger partial charge in [0.1, 0.15) is 34.1 Å². The van der Waals surface area contributed by atoms with Crippen LogP contribution in [0, 0.1) is 23.5 Å². The Kier molecular flexibility index (Phi) is 11.1. The van der Waals surface area contributed by atoms with Crippen molar-refractivity contribution in [1.82, 2.24) is 23.9 Å². The smallest absolute Gasteiger partial charge is 0.410 e. The van der Waals surface area contributed by atoms with Gasteiger partial charge in [-0.2, -0.15) is 0 Å². The van der Waals surface area contributed by atoms with Gasteiger partial charge in [-0.25, -0.2) is 27.9 Å². The summed E-state index contributed by atoms with van der Waals surface area (Å²) in [6, 6.07) is 9.42. The lowest BCUT2D eigenvalue weighted by molar-refractivity contribution is 0.0155. The molecule has 0 atom stereocenters. The quantitative estimate of drug-likeness (QED) is 0.257. The number of anilines is 2. The van der Waals surface area contributed by atoms with Crippen molar-refractivity contribution in [1.29, 1.82) is 0 Å². The Morgan fingerprint density at radius 2 is 1.69 bits per heavy atom. The molecule has 1 fully saturated rings. The number of nitrogens with two attached hydrogens (primary N) is 1. The van der Waals surface area contributed by atoms with E-state index in [1.54, 1.807) is 18.7 Å². The van der Waals surface area contributed by atoms with Crippen LogP contribution < -0.4 is 27.0 Å². The third kappa shape index (κ3) is 8.82. The van der Waals surface area contributed by atoms with Crippen LogP contribution in [0.5, 0.6) is 11.5 Å². The maximum atomic E-state index is 15.4. The van der Waals surface area contributed by atoms with Crippen molar-refractivity contribution in [2.45, 2.75) is 46.3 Å². The molecule has 0 radical (unpaired) electrons. The minimum absolute atomic E-state index is 0.00547. The highest BCUT2D eigenvalue weighted by atomic mass is 19.1. The third-order valence-electron chi connectivity index (χ3n) is 7.89. The number of nitrogens with zero attached hydrogens (tertiary/aromatic N) is 5. The molecule has 15 heteroatoms. The number of piperazine rings is 1. The predicted octanol–water partition coefficient (Wildman–Crippen LogP) is 4.78. The molecule has 52 heavy (non-hydrogen) atoms. The number of pyridine rings is 1. The van der Waals surface area contributed by atoms with E-state index in [2.05, 4.69) is 27.0 Å². The lowest BCUT2D eigenvalue weighted by Gasteiger charge is -2.34. The first kappa shape index (κ1) is 37.3. The van der Waals surface area contributed by atoms with Gasteiger partial charge in [0, 0.05) is 62.4 Å². The number of carbonyl (C=O) groups is 2. The van der Waals surface area contributed by atoms with Crippen LogP contribution in [0.25, 0.3) is 5.69 Å². The molecule has 2 amide bonds. The monoisotopic (exact) mass is 715 g/mol. The molecule has 4 aromatic rings. The zero-order chi connectivity index (χ0) is 37.7. The average molecular weight is 716 g/mol. The van der Waals surface area contributed by atoms with Gasteiger partial charge in [0.05, 0.1) is 12.2 Å². The van der Waals surface area contributed by atoms with Gasteiger partial charge in [-0.05, 0) is 71.0 Å². The Balaban J connectivity index is 1.29. The van der Waals surface area contributed by atoms with Gasteiger partial charge in [0.15, 0.2) is 11.6 Å². The summed E-state index contributed by atoms with van der Waals surface area (Å²) in [6.45, 7) is 11.4. The summed E-state index contributed by atoms with van der Waals surface area (Å²) in [5, 5.41) is 2.49. The van der Waals surface area contributed by atoms with E-state index in [0.29, 0.717) is 32.7 Å². The van der Waals surface area contributed by atoms with Gasteiger partial charge < -0.3 is 25.4 Å². The van der Waals surface area contributed by atoms with E-state index in [1.807, 2.05) is 20.8 Å². The number of hydrogen-bond acceptors (Lipinski definition) is 9. The molecule has 2 aromatic heterocycles. The number of hydrogen-bond donors (Lipinski definition) is 2. The van der Waals surface area contributed by atoms with E-state index >= 15 is 4.39 Å². The molecule has 13 nitrogen and oxygen atoms in total. The molecule has 0 unspecified atom stereocenters. The normalized spacial score (nSPS) is 13.3. The van der Waals surface area contributed by atoms with E-state index in [1.165, 1.54) is 41.1 Å². The Hall–Kier alpha value is -6.01. The van der Waals surface area contributed by atoms with Crippen LogP contribution in [0.4, 0.5) is 25.1 Å². The second-order valence-corrected chi connectivity index (χ2v) is 13.3. The van der Waals surface area contributed by atoms with E-state index in [4.69, 9.17) is 15.2 Å². The molecule has 0 spiro atoms. The third-order valence-corrected chi connectivity index (χ3v) is 7.89. The zero-order valence-corrected chi connectivity index (χ0v) is 29.4. The summed E-state index contributed by atoms with van der Waals surface area (Å²) in [6.07, 6.45) is 2.18. The Labute approximate surface area is 298 Å². The van der Waals surface area contributed by atoms with Gasteiger partial charge in [-0.3, -0.25) is 19.1 Å². The van der Waals surface area contributed by atoms with E-state index < -0.39 is 46.0 Å². The second-order valence-electron chi connectivity index (χ2n) is 13.3. The lowest BCUT2D eigenvalue weighted by atomic mass is 10.2. The molecule has 0 saturated carbocycles. The first-order chi connectivity index (χ1) is 24.6. The second kappa shape index (κ2) is 15.5. The van der Waals surface area contributed by atoms with Crippen LogP contribution in [-0.2, 0) is 4.74 Å².